The van der Waals surface area contributed by atoms with Crippen molar-refractivity contribution in [1.82, 2.24) is 5.32 Å². The topological polar surface area (TPSA) is 32.3 Å². The smallest absolute Gasteiger partial charge is 0.0431 e. The molecule has 0 spiro atoms. The van der Waals surface area contributed by atoms with Gasteiger partial charge in [0.2, 0.25) is 0 Å². The molecule has 0 radical (unpaired) electrons. The lowest BCUT2D eigenvalue weighted by Crippen LogP contribution is -2.28. The van der Waals surface area contributed by atoms with E-state index >= 15 is 0 Å². The maximum atomic E-state index is 8.74. The molecule has 15 heavy (non-hydrogen) atoms. The maximum absolute atomic E-state index is 8.74. The lowest BCUT2D eigenvalue weighted by atomic mass is 10.1. The third-order valence-electron chi connectivity index (χ3n) is 2.37. The Labute approximate surface area is 104 Å². The number of aliphatic hydroxyl groups excluding tert-OH is 1. The van der Waals surface area contributed by atoms with Crippen molar-refractivity contribution in [2.75, 3.05) is 6.61 Å². The summed E-state index contributed by atoms with van der Waals surface area (Å²) in [6.07, 6.45) is 1.89. The Bertz CT molecular complexity index is 290. The molecule has 1 aromatic heterocycles. The van der Waals surface area contributed by atoms with E-state index in [1.807, 2.05) is 0 Å². The van der Waals surface area contributed by atoms with E-state index < -0.39 is 0 Å². The third kappa shape index (κ3) is 4.23. The van der Waals surface area contributed by atoms with Crippen LogP contribution in [0.4, 0.5) is 0 Å². The van der Waals surface area contributed by atoms with Gasteiger partial charge in [-0.2, -0.15) is 0 Å². The van der Waals surface area contributed by atoms with E-state index in [1.54, 1.807) is 11.3 Å². The second kappa shape index (κ2) is 6.63. The van der Waals surface area contributed by atoms with Gasteiger partial charge in [-0.3, -0.25) is 0 Å². The predicted octanol–water partition coefficient (Wildman–Crippen LogP) is 3.32. The van der Waals surface area contributed by atoms with Gasteiger partial charge in [0.25, 0.3) is 0 Å². The molecule has 4 heteroatoms. The summed E-state index contributed by atoms with van der Waals surface area (Å²) in [4.78, 5) is 1.34. The average molecular weight is 292 g/mol. The fraction of sp³-hybridized carbons (Fsp3) is 0.636. The standard InChI is InChI=1S/C11H18BrNOS/c1-8(4-3-6-14)13-9(2)11-10(12)5-7-15-11/h5,7-9,13-14H,3-4,6H2,1-2H3. The molecule has 0 amide bonds. The van der Waals surface area contributed by atoms with E-state index in [2.05, 4.69) is 46.5 Å². The third-order valence-corrected chi connectivity index (χ3v) is 4.42. The predicted molar refractivity (Wildman–Crippen MR) is 69.4 cm³/mol. The van der Waals surface area contributed by atoms with Gasteiger partial charge in [0.15, 0.2) is 0 Å². The van der Waals surface area contributed by atoms with Gasteiger partial charge in [-0.1, -0.05) is 0 Å². The molecule has 2 atom stereocenters. The highest BCUT2D eigenvalue weighted by atomic mass is 79.9. The molecule has 2 nitrogen and oxygen atoms in total. The molecule has 0 aliphatic carbocycles. The Morgan fingerprint density at radius 2 is 2.27 bits per heavy atom. The van der Waals surface area contributed by atoms with Gasteiger partial charge >= 0.3 is 0 Å². The van der Waals surface area contributed by atoms with Crippen LogP contribution in [0.15, 0.2) is 15.9 Å². The molecule has 0 saturated heterocycles. The van der Waals surface area contributed by atoms with Crippen LogP contribution >= 0.6 is 27.3 Å². The number of hydrogen-bond donors (Lipinski definition) is 2. The highest BCUT2D eigenvalue weighted by Crippen LogP contribution is 2.29. The molecule has 1 rings (SSSR count). The Morgan fingerprint density at radius 1 is 1.53 bits per heavy atom. The van der Waals surface area contributed by atoms with Crippen molar-refractivity contribution in [3.8, 4) is 0 Å². The van der Waals surface area contributed by atoms with Gasteiger partial charge in [-0.25, -0.2) is 0 Å². The Morgan fingerprint density at radius 3 is 2.80 bits per heavy atom. The van der Waals surface area contributed by atoms with Gasteiger partial charge in [0.05, 0.1) is 0 Å². The van der Waals surface area contributed by atoms with Crippen LogP contribution in [-0.4, -0.2) is 17.8 Å². The SMILES string of the molecule is CC(CCCO)NC(C)c1sccc1Br. The van der Waals surface area contributed by atoms with Gasteiger partial charge in [-0.05, 0) is 54.1 Å². The number of hydrogen-bond acceptors (Lipinski definition) is 3. The minimum absolute atomic E-state index is 0.281. The second-order valence-electron chi connectivity index (χ2n) is 3.79. The minimum Gasteiger partial charge on any atom is -0.396 e. The molecule has 0 bridgehead atoms. The van der Waals surface area contributed by atoms with E-state index in [1.165, 1.54) is 9.35 Å². The molecular formula is C11H18BrNOS. The molecule has 0 aliphatic heterocycles. The summed E-state index contributed by atoms with van der Waals surface area (Å²) in [6, 6.07) is 2.89. The number of nitrogens with one attached hydrogen (secondary N) is 1. The average Bonchev–Trinajstić information content (AvgIpc) is 2.61. The van der Waals surface area contributed by atoms with Crippen LogP contribution in [-0.2, 0) is 0 Å². The molecule has 0 aromatic carbocycles. The van der Waals surface area contributed by atoms with Crippen molar-refractivity contribution < 1.29 is 5.11 Å². The molecule has 0 fully saturated rings. The number of halogens is 1. The van der Waals surface area contributed by atoms with Crippen LogP contribution in [0.1, 0.15) is 37.6 Å². The zero-order valence-electron chi connectivity index (χ0n) is 9.16. The van der Waals surface area contributed by atoms with Crippen molar-refractivity contribution in [3.63, 3.8) is 0 Å². The van der Waals surface area contributed by atoms with Gasteiger partial charge in [-0.15, -0.1) is 11.3 Å². The highest BCUT2D eigenvalue weighted by Gasteiger charge is 2.12. The molecule has 1 heterocycles. The van der Waals surface area contributed by atoms with Crippen LogP contribution in [0.2, 0.25) is 0 Å². The fourth-order valence-corrected chi connectivity index (χ4v) is 3.33. The van der Waals surface area contributed by atoms with Crippen LogP contribution in [0.3, 0.4) is 0 Å². The number of thiophene rings is 1. The highest BCUT2D eigenvalue weighted by molar-refractivity contribution is 9.10. The monoisotopic (exact) mass is 291 g/mol. The Hall–Kier alpha value is 0.100. The summed E-state index contributed by atoms with van der Waals surface area (Å²) in [7, 11) is 0. The fourth-order valence-electron chi connectivity index (χ4n) is 1.60. The summed E-state index contributed by atoms with van der Waals surface area (Å²) in [5, 5.41) is 14.4. The largest absolute Gasteiger partial charge is 0.396 e. The second-order valence-corrected chi connectivity index (χ2v) is 5.59. The van der Waals surface area contributed by atoms with Crippen molar-refractivity contribution in [2.24, 2.45) is 0 Å². The summed E-state index contributed by atoms with van der Waals surface area (Å²) in [6.45, 7) is 4.61. The zero-order valence-corrected chi connectivity index (χ0v) is 11.6. The van der Waals surface area contributed by atoms with Gasteiger partial charge in [0, 0.05) is 28.0 Å². The van der Waals surface area contributed by atoms with Crippen molar-refractivity contribution in [2.45, 2.75) is 38.8 Å². The molecule has 2 unspecified atom stereocenters. The first-order chi connectivity index (χ1) is 7.15. The van der Waals surface area contributed by atoms with E-state index in [9.17, 15) is 0 Å². The first-order valence-corrected chi connectivity index (χ1v) is 6.92. The van der Waals surface area contributed by atoms with E-state index in [-0.39, 0.29) is 6.61 Å². The minimum atomic E-state index is 0.281. The van der Waals surface area contributed by atoms with Gasteiger partial charge in [0.1, 0.15) is 0 Å². The Balaban J connectivity index is 2.42. The van der Waals surface area contributed by atoms with Crippen LogP contribution in [0, 0.1) is 0 Å². The summed E-state index contributed by atoms with van der Waals surface area (Å²) in [5.41, 5.74) is 0. The van der Waals surface area contributed by atoms with Gasteiger partial charge < -0.3 is 10.4 Å². The van der Waals surface area contributed by atoms with E-state index in [4.69, 9.17) is 5.11 Å². The quantitative estimate of drug-likeness (QED) is 0.843. The van der Waals surface area contributed by atoms with Crippen molar-refractivity contribution in [1.29, 1.82) is 0 Å². The van der Waals surface area contributed by atoms with E-state index in [0.29, 0.717) is 12.1 Å². The van der Waals surface area contributed by atoms with Crippen LogP contribution in [0.5, 0.6) is 0 Å². The normalized spacial score (nSPS) is 15.2. The number of rotatable bonds is 6. The summed E-state index contributed by atoms with van der Waals surface area (Å²) in [5.74, 6) is 0. The molecule has 0 aliphatic rings. The molecule has 2 N–H and O–H groups in total. The number of aliphatic hydroxyl groups is 1. The maximum Gasteiger partial charge on any atom is 0.0431 e. The molecular weight excluding hydrogens is 274 g/mol. The summed E-state index contributed by atoms with van der Waals surface area (Å²) >= 11 is 5.30. The molecule has 0 saturated carbocycles. The Kier molecular flexibility index (Phi) is 5.82. The first-order valence-electron chi connectivity index (χ1n) is 5.25. The van der Waals surface area contributed by atoms with E-state index in [0.717, 1.165) is 12.8 Å². The lowest BCUT2D eigenvalue weighted by Gasteiger charge is -2.19. The molecule has 86 valence electrons. The summed E-state index contributed by atoms with van der Waals surface area (Å²) < 4.78 is 1.18. The van der Waals surface area contributed by atoms with Crippen LogP contribution in [0.25, 0.3) is 0 Å². The van der Waals surface area contributed by atoms with Crippen molar-refractivity contribution >= 4 is 27.3 Å². The molecule has 1 aromatic rings. The first kappa shape index (κ1) is 13.2. The lowest BCUT2D eigenvalue weighted by molar-refractivity contribution is 0.274. The van der Waals surface area contributed by atoms with Crippen molar-refractivity contribution in [3.05, 3.63) is 20.8 Å². The zero-order chi connectivity index (χ0) is 11.3. The van der Waals surface area contributed by atoms with Crippen LogP contribution < -0.4 is 5.32 Å².